The van der Waals surface area contributed by atoms with Gasteiger partial charge in [0.2, 0.25) is 11.8 Å². The zero-order valence-electron chi connectivity index (χ0n) is 8.94. The van der Waals surface area contributed by atoms with Crippen LogP contribution < -0.4 is 5.32 Å². The first-order chi connectivity index (χ1) is 6.91. The average molecular weight is 246 g/mol. The summed E-state index contributed by atoms with van der Waals surface area (Å²) in [7, 11) is 0. The first-order valence-corrected chi connectivity index (χ1v) is 6.02. The average Bonchev–Trinajstić information content (AvgIpc) is 2.31. The molecule has 0 aromatic rings. The van der Waals surface area contributed by atoms with E-state index in [1.807, 2.05) is 13.8 Å². The van der Waals surface area contributed by atoms with Crippen molar-refractivity contribution in [2.75, 3.05) is 6.54 Å². The number of nitrogens with zero attached hydrogens (tertiary/aromatic N) is 1. The Kier molecular flexibility index (Phi) is 4.10. The Hall–Kier alpha value is -0.620. The molecule has 4 nitrogen and oxygen atoms in total. The van der Waals surface area contributed by atoms with Gasteiger partial charge < -0.3 is 5.32 Å². The Morgan fingerprint density at radius 2 is 2.27 bits per heavy atom. The predicted octanol–water partition coefficient (Wildman–Crippen LogP) is 0.760. The van der Waals surface area contributed by atoms with Gasteiger partial charge in [-0.25, -0.2) is 0 Å². The van der Waals surface area contributed by atoms with Crippen LogP contribution >= 0.6 is 24.0 Å². The van der Waals surface area contributed by atoms with Crippen LogP contribution in [0.1, 0.15) is 20.8 Å². The first-order valence-electron chi connectivity index (χ1n) is 4.73. The number of nitrogens with one attached hydrogen (secondary N) is 1. The van der Waals surface area contributed by atoms with Crippen molar-refractivity contribution in [2.45, 2.75) is 32.1 Å². The van der Waals surface area contributed by atoms with E-state index in [0.717, 1.165) is 0 Å². The highest BCUT2D eigenvalue weighted by Gasteiger charge is 2.34. The van der Waals surface area contributed by atoms with Crippen molar-refractivity contribution in [2.24, 2.45) is 0 Å². The van der Waals surface area contributed by atoms with Gasteiger partial charge in [0.15, 0.2) is 0 Å². The molecular weight excluding hydrogens is 232 g/mol. The molecule has 0 aromatic heterocycles. The number of rotatable bonds is 3. The highest BCUT2D eigenvalue weighted by molar-refractivity contribution is 8.24. The summed E-state index contributed by atoms with van der Waals surface area (Å²) in [4.78, 5) is 24.4. The maximum absolute atomic E-state index is 11.6. The number of carbonyl (C=O) groups is 2. The van der Waals surface area contributed by atoms with E-state index in [1.54, 1.807) is 6.92 Å². The molecule has 0 radical (unpaired) electrons. The molecule has 84 valence electrons. The van der Waals surface area contributed by atoms with Crippen molar-refractivity contribution >= 4 is 40.1 Å². The van der Waals surface area contributed by atoms with Crippen molar-refractivity contribution in [1.29, 1.82) is 0 Å². The predicted molar refractivity (Wildman–Crippen MR) is 64.6 cm³/mol. The van der Waals surface area contributed by atoms with Gasteiger partial charge in [-0.2, -0.15) is 0 Å². The molecule has 0 bridgehead atoms. The minimum absolute atomic E-state index is 0.0349. The van der Waals surface area contributed by atoms with Crippen LogP contribution in [0.5, 0.6) is 0 Å². The second-order valence-corrected chi connectivity index (χ2v) is 5.65. The van der Waals surface area contributed by atoms with Gasteiger partial charge in [0.05, 0.1) is 5.25 Å². The van der Waals surface area contributed by atoms with Gasteiger partial charge >= 0.3 is 0 Å². The number of thioether (sulfide) groups is 1. The molecule has 0 aliphatic carbocycles. The molecule has 1 saturated heterocycles. The SMILES string of the molecule is CC(C)NC(=O)CN1C(=O)C(C)SC1=S. The minimum Gasteiger partial charge on any atom is -0.352 e. The number of hydrogen-bond donors (Lipinski definition) is 1. The van der Waals surface area contributed by atoms with Crippen molar-refractivity contribution < 1.29 is 9.59 Å². The molecule has 1 N–H and O–H groups in total. The number of thiocarbonyl (C=S) groups is 1. The smallest absolute Gasteiger partial charge is 0.241 e. The summed E-state index contributed by atoms with van der Waals surface area (Å²) in [5.41, 5.74) is 0. The van der Waals surface area contributed by atoms with Gasteiger partial charge in [0.25, 0.3) is 0 Å². The topological polar surface area (TPSA) is 49.4 Å². The highest BCUT2D eigenvalue weighted by atomic mass is 32.2. The summed E-state index contributed by atoms with van der Waals surface area (Å²) in [6.07, 6.45) is 0. The van der Waals surface area contributed by atoms with E-state index in [4.69, 9.17) is 12.2 Å². The van der Waals surface area contributed by atoms with E-state index in [0.29, 0.717) is 4.32 Å². The summed E-state index contributed by atoms with van der Waals surface area (Å²) in [6, 6.07) is 0.0776. The van der Waals surface area contributed by atoms with E-state index in [-0.39, 0.29) is 29.7 Å². The van der Waals surface area contributed by atoms with Crippen LogP contribution in [0.15, 0.2) is 0 Å². The molecule has 0 saturated carbocycles. The largest absolute Gasteiger partial charge is 0.352 e. The zero-order chi connectivity index (χ0) is 11.6. The molecule has 1 unspecified atom stereocenters. The lowest BCUT2D eigenvalue weighted by Gasteiger charge is -2.16. The quantitative estimate of drug-likeness (QED) is 0.747. The molecule has 0 aromatic carbocycles. The zero-order valence-corrected chi connectivity index (χ0v) is 10.6. The molecule has 1 atom stereocenters. The summed E-state index contributed by atoms with van der Waals surface area (Å²) in [5, 5.41) is 2.56. The van der Waals surface area contributed by atoms with E-state index in [2.05, 4.69) is 5.32 Å². The molecule has 15 heavy (non-hydrogen) atoms. The Morgan fingerprint density at radius 1 is 1.67 bits per heavy atom. The Balaban J connectivity index is 2.55. The monoisotopic (exact) mass is 246 g/mol. The summed E-state index contributed by atoms with van der Waals surface area (Å²) in [6.45, 7) is 5.58. The maximum atomic E-state index is 11.6. The maximum Gasteiger partial charge on any atom is 0.241 e. The fourth-order valence-electron chi connectivity index (χ4n) is 1.23. The van der Waals surface area contributed by atoms with Crippen molar-refractivity contribution in [3.63, 3.8) is 0 Å². The third-order valence-corrected chi connectivity index (χ3v) is 3.35. The number of amides is 2. The molecule has 1 rings (SSSR count). The Labute approximate surface area is 98.8 Å². The minimum atomic E-state index is -0.171. The van der Waals surface area contributed by atoms with E-state index >= 15 is 0 Å². The van der Waals surface area contributed by atoms with Crippen LogP contribution in [0.4, 0.5) is 0 Å². The standard InChI is InChI=1S/C9H14N2O2S2/c1-5(2)10-7(12)4-11-8(13)6(3)15-9(11)14/h5-6H,4H2,1-3H3,(H,10,12). The van der Waals surface area contributed by atoms with Crippen LogP contribution in [0, 0.1) is 0 Å². The van der Waals surface area contributed by atoms with Crippen LogP contribution in [-0.2, 0) is 9.59 Å². The molecule has 2 amide bonds. The van der Waals surface area contributed by atoms with Gasteiger partial charge in [-0.05, 0) is 20.8 Å². The number of hydrogen-bond acceptors (Lipinski definition) is 4. The van der Waals surface area contributed by atoms with Gasteiger partial charge in [0.1, 0.15) is 10.9 Å². The normalized spacial score (nSPS) is 21.3. The van der Waals surface area contributed by atoms with Crippen molar-refractivity contribution in [3.8, 4) is 0 Å². The third-order valence-electron chi connectivity index (χ3n) is 1.86. The van der Waals surface area contributed by atoms with E-state index < -0.39 is 0 Å². The molecule has 1 fully saturated rings. The first kappa shape index (κ1) is 12.4. The van der Waals surface area contributed by atoms with Gasteiger partial charge in [-0.3, -0.25) is 14.5 Å². The van der Waals surface area contributed by atoms with Crippen LogP contribution in [0.3, 0.4) is 0 Å². The number of carbonyl (C=O) groups excluding carboxylic acids is 2. The molecular formula is C9H14N2O2S2. The molecule has 1 aliphatic rings. The molecule has 0 spiro atoms. The van der Waals surface area contributed by atoms with Crippen LogP contribution in [0.2, 0.25) is 0 Å². The van der Waals surface area contributed by atoms with Gasteiger partial charge in [0, 0.05) is 6.04 Å². The van der Waals surface area contributed by atoms with Crippen LogP contribution in [-0.4, -0.2) is 38.9 Å². The van der Waals surface area contributed by atoms with E-state index in [1.165, 1.54) is 16.7 Å². The second-order valence-electron chi connectivity index (χ2n) is 3.67. The molecule has 1 heterocycles. The fourth-order valence-corrected chi connectivity index (χ4v) is 2.63. The van der Waals surface area contributed by atoms with E-state index in [9.17, 15) is 9.59 Å². The lowest BCUT2D eigenvalue weighted by molar-refractivity contribution is -0.131. The third kappa shape index (κ3) is 3.17. The summed E-state index contributed by atoms with van der Waals surface area (Å²) >= 11 is 6.34. The van der Waals surface area contributed by atoms with Crippen molar-refractivity contribution in [1.82, 2.24) is 10.2 Å². The van der Waals surface area contributed by atoms with Crippen molar-refractivity contribution in [3.05, 3.63) is 0 Å². The summed E-state index contributed by atoms with van der Waals surface area (Å²) < 4.78 is 0.492. The Morgan fingerprint density at radius 3 is 2.67 bits per heavy atom. The summed E-state index contributed by atoms with van der Waals surface area (Å²) in [5.74, 6) is -0.251. The molecule has 6 heteroatoms. The Bertz CT molecular complexity index is 304. The van der Waals surface area contributed by atoms with Gasteiger partial charge in [-0.1, -0.05) is 24.0 Å². The lowest BCUT2D eigenvalue weighted by Crippen LogP contribution is -2.42. The van der Waals surface area contributed by atoms with Crippen LogP contribution in [0.25, 0.3) is 0 Å². The highest BCUT2D eigenvalue weighted by Crippen LogP contribution is 2.26. The van der Waals surface area contributed by atoms with Gasteiger partial charge in [-0.15, -0.1) is 0 Å². The second kappa shape index (κ2) is 4.94. The fraction of sp³-hybridized carbons (Fsp3) is 0.667. The molecule has 1 aliphatic heterocycles. The lowest BCUT2D eigenvalue weighted by atomic mass is 10.3.